The van der Waals surface area contributed by atoms with Gasteiger partial charge in [-0.15, -0.1) is 0 Å². The van der Waals surface area contributed by atoms with Gasteiger partial charge in [-0.05, 0) is 55.3 Å². The second-order valence-electron chi connectivity index (χ2n) is 7.34. The molecule has 1 aliphatic rings. The van der Waals surface area contributed by atoms with Crippen LogP contribution < -0.4 is 15.0 Å². The summed E-state index contributed by atoms with van der Waals surface area (Å²) in [6.07, 6.45) is 2.61. The lowest BCUT2D eigenvalue weighted by atomic mass is 10.2. The first-order valence-electron chi connectivity index (χ1n) is 10.7. The summed E-state index contributed by atoms with van der Waals surface area (Å²) in [5, 5.41) is 3.66. The summed E-state index contributed by atoms with van der Waals surface area (Å²) in [4.78, 5) is 32.7. The van der Waals surface area contributed by atoms with Gasteiger partial charge in [0.15, 0.2) is 0 Å². The van der Waals surface area contributed by atoms with E-state index >= 15 is 0 Å². The Morgan fingerprint density at radius 3 is 2.72 bits per heavy atom. The maximum atomic E-state index is 13.2. The molecule has 164 valence electrons. The van der Waals surface area contributed by atoms with Crippen molar-refractivity contribution >= 4 is 29.3 Å². The number of carbonyl (C=O) groups is 2. The molecule has 1 N–H and O–H groups in total. The third kappa shape index (κ3) is 5.11. The van der Waals surface area contributed by atoms with Crippen LogP contribution in [0.25, 0.3) is 0 Å². The van der Waals surface area contributed by atoms with Crippen molar-refractivity contribution in [1.82, 2.24) is 10.3 Å². The summed E-state index contributed by atoms with van der Waals surface area (Å²) in [6, 6.07) is 19.1. The number of para-hydroxylation sites is 1. The van der Waals surface area contributed by atoms with Gasteiger partial charge in [-0.2, -0.15) is 0 Å². The molecule has 0 atom stereocenters. The fraction of sp³-hybridized carbons (Fsp3) is 0.240. The summed E-state index contributed by atoms with van der Waals surface area (Å²) < 4.78 is 5.44. The summed E-state index contributed by atoms with van der Waals surface area (Å²) in [5.74, 6) is 0.700. The van der Waals surface area contributed by atoms with Crippen LogP contribution in [0.3, 0.4) is 0 Å². The van der Waals surface area contributed by atoms with Crippen molar-refractivity contribution in [2.75, 3.05) is 18.1 Å². The molecule has 0 fully saturated rings. The first-order valence-corrected chi connectivity index (χ1v) is 11.5. The highest BCUT2D eigenvalue weighted by molar-refractivity contribution is 7.99. The molecule has 2 heterocycles. The molecular weight excluding hydrogens is 422 g/mol. The largest absolute Gasteiger partial charge is 0.494 e. The summed E-state index contributed by atoms with van der Waals surface area (Å²) in [7, 11) is 0. The fourth-order valence-corrected chi connectivity index (χ4v) is 4.56. The summed E-state index contributed by atoms with van der Waals surface area (Å²) in [5.41, 5.74) is 2.46. The molecule has 0 saturated heterocycles. The van der Waals surface area contributed by atoms with E-state index < -0.39 is 0 Å². The standard InChI is InChI=1S/C25H25N3O3S/c1-2-31-19-13-11-18(12-14-19)17-27-23(29)10-6-16-28-21-8-3-4-9-22(21)32-24-20(25(28)30)7-5-15-26-24/h3-5,7-9,11-15H,2,6,10,16-17H2,1H3,(H,27,29). The van der Waals surface area contributed by atoms with Crippen LogP contribution in [0.2, 0.25) is 0 Å². The Balaban J connectivity index is 1.35. The van der Waals surface area contributed by atoms with Crippen LogP contribution >= 0.6 is 11.8 Å². The molecule has 3 aromatic rings. The molecule has 0 spiro atoms. The van der Waals surface area contributed by atoms with Crippen LogP contribution in [0.15, 0.2) is 76.8 Å². The first kappa shape index (κ1) is 21.9. The van der Waals surface area contributed by atoms with Crippen molar-refractivity contribution in [3.05, 3.63) is 78.0 Å². The number of nitrogens with one attached hydrogen (secondary N) is 1. The summed E-state index contributed by atoms with van der Waals surface area (Å²) >= 11 is 1.50. The molecular formula is C25H25N3O3S. The van der Waals surface area contributed by atoms with Gasteiger partial charge in [0.2, 0.25) is 5.91 Å². The molecule has 2 aromatic carbocycles. The molecule has 6 nitrogen and oxygen atoms in total. The lowest BCUT2D eigenvalue weighted by molar-refractivity contribution is -0.121. The fourth-order valence-electron chi connectivity index (χ4n) is 3.54. The highest BCUT2D eigenvalue weighted by atomic mass is 32.2. The van der Waals surface area contributed by atoms with Crippen molar-refractivity contribution in [2.24, 2.45) is 0 Å². The van der Waals surface area contributed by atoms with Gasteiger partial charge in [0.05, 0.1) is 17.9 Å². The zero-order valence-electron chi connectivity index (χ0n) is 17.9. The first-order chi connectivity index (χ1) is 15.7. The van der Waals surface area contributed by atoms with E-state index in [4.69, 9.17) is 4.74 Å². The second-order valence-corrected chi connectivity index (χ2v) is 8.37. The van der Waals surface area contributed by atoms with Gasteiger partial charge in [-0.1, -0.05) is 36.0 Å². The third-order valence-corrected chi connectivity index (χ3v) is 6.20. The zero-order valence-corrected chi connectivity index (χ0v) is 18.7. The van der Waals surface area contributed by atoms with Crippen molar-refractivity contribution < 1.29 is 14.3 Å². The number of aromatic nitrogens is 1. The van der Waals surface area contributed by atoms with Gasteiger partial charge in [0.1, 0.15) is 10.8 Å². The molecule has 0 bridgehead atoms. The average Bonchev–Trinajstić information content (AvgIpc) is 2.93. The SMILES string of the molecule is CCOc1ccc(CNC(=O)CCCN2C(=O)c3cccnc3Sc3ccccc32)cc1. The monoisotopic (exact) mass is 447 g/mol. The molecule has 1 aliphatic heterocycles. The molecule has 0 aliphatic carbocycles. The molecule has 2 amide bonds. The van der Waals surface area contributed by atoms with Crippen molar-refractivity contribution in [3.63, 3.8) is 0 Å². The molecule has 7 heteroatoms. The van der Waals surface area contributed by atoms with Gasteiger partial charge < -0.3 is 15.0 Å². The van der Waals surface area contributed by atoms with E-state index in [-0.39, 0.29) is 11.8 Å². The number of carbonyl (C=O) groups excluding carboxylic acids is 2. The highest BCUT2D eigenvalue weighted by Crippen LogP contribution is 2.40. The van der Waals surface area contributed by atoms with E-state index in [9.17, 15) is 9.59 Å². The van der Waals surface area contributed by atoms with Crippen molar-refractivity contribution in [2.45, 2.75) is 36.2 Å². The number of pyridine rings is 1. The number of hydrogen-bond acceptors (Lipinski definition) is 5. The molecule has 0 saturated carbocycles. The normalized spacial score (nSPS) is 12.5. The van der Waals surface area contributed by atoms with E-state index in [0.29, 0.717) is 43.1 Å². The smallest absolute Gasteiger partial charge is 0.261 e. The number of amides is 2. The minimum Gasteiger partial charge on any atom is -0.494 e. The Morgan fingerprint density at radius 1 is 1.09 bits per heavy atom. The van der Waals surface area contributed by atoms with Crippen molar-refractivity contribution in [1.29, 1.82) is 0 Å². The summed E-state index contributed by atoms with van der Waals surface area (Å²) in [6.45, 7) is 3.49. The molecule has 32 heavy (non-hydrogen) atoms. The quantitative estimate of drug-likeness (QED) is 0.543. The molecule has 1 aromatic heterocycles. The predicted molar refractivity (Wildman–Crippen MR) is 125 cm³/mol. The Kier molecular flexibility index (Phi) is 7.07. The van der Waals surface area contributed by atoms with Gasteiger partial charge in [-0.25, -0.2) is 4.98 Å². The van der Waals surface area contributed by atoms with E-state index in [2.05, 4.69) is 10.3 Å². The van der Waals surface area contributed by atoms with Crippen LogP contribution in [0.5, 0.6) is 5.75 Å². The van der Waals surface area contributed by atoms with E-state index in [1.54, 1.807) is 23.2 Å². The topological polar surface area (TPSA) is 71.5 Å². The number of hydrogen-bond donors (Lipinski definition) is 1. The van der Waals surface area contributed by atoms with Crippen LogP contribution in [0.1, 0.15) is 35.7 Å². The van der Waals surface area contributed by atoms with Gasteiger partial charge in [0, 0.05) is 30.6 Å². The number of anilines is 1. The predicted octanol–water partition coefficient (Wildman–Crippen LogP) is 4.69. The Hall–Kier alpha value is -3.32. The number of fused-ring (bicyclic) bond motifs is 2. The third-order valence-electron chi connectivity index (χ3n) is 5.12. The molecule has 0 radical (unpaired) electrons. The molecule has 4 rings (SSSR count). The Morgan fingerprint density at radius 2 is 1.91 bits per heavy atom. The Bertz CT molecular complexity index is 1100. The minimum absolute atomic E-state index is 0.0362. The highest BCUT2D eigenvalue weighted by Gasteiger charge is 2.27. The van der Waals surface area contributed by atoms with Crippen molar-refractivity contribution in [3.8, 4) is 5.75 Å². The number of ether oxygens (including phenoxy) is 1. The lowest BCUT2D eigenvalue weighted by Crippen LogP contribution is -2.33. The molecule has 0 unspecified atom stereocenters. The Labute approximate surface area is 192 Å². The number of rotatable bonds is 8. The van der Waals surface area contributed by atoms with Crippen LogP contribution in [0.4, 0.5) is 5.69 Å². The maximum absolute atomic E-state index is 13.2. The maximum Gasteiger partial charge on any atom is 0.261 e. The minimum atomic E-state index is -0.0830. The number of benzene rings is 2. The van der Waals surface area contributed by atoms with Crippen LogP contribution in [0, 0.1) is 0 Å². The zero-order chi connectivity index (χ0) is 22.3. The second kappa shape index (κ2) is 10.3. The lowest BCUT2D eigenvalue weighted by Gasteiger charge is -2.22. The average molecular weight is 448 g/mol. The number of nitrogens with zero attached hydrogens (tertiary/aromatic N) is 2. The van der Waals surface area contributed by atoms with Gasteiger partial charge in [0.25, 0.3) is 5.91 Å². The van der Waals surface area contributed by atoms with E-state index in [1.165, 1.54) is 11.8 Å². The van der Waals surface area contributed by atoms with E-state index in [1.807, 2.05) is 55.5 Å². The van der Waals surface area contributed by atoms with Crippen LogP contribution in [-0.2, 0) is 11.3 Å². The van der Waals surface area contributed by atoms with Crippen LogP contribution in [-0.4, -0.2) is 29.9 Å². The van der Waals surface area contributed by atoms with Gasteiger partial charge in [-0.3, -0.25) is 9.59 Å². The van der Waals surface area contributed by atoms with E-state index in [0.717, 1.165) is 21.9 Å². The van der Waals surface area contributed by atoms with Gasteiger partial charge >= 0.3 is 0 Å².